The molecule has 1 unspecified atom stereocenters. The Bertz CT molecular complexity index is 704. The Morgan fingerprint density at radius 1 is 1.35 bits per heavy atom. The number of hydrogen-bond donors (Lipinski definition) is 1. The van der Waals surface area contributed by atoms with E-state index in [0.29, 0.717) is 23.9 Å². The number of aryl methyl sites for hydroxylation is 1. The lowest BCUT2D eigenvalue weighted by Gasteiger charge is -2.19. The third-order valence-corrected chi connectivity index (χ3v) is 4.35. The van der Waals surface area contributed by atoms with Gasteiger partial charge in [-0.3, -0.25) is 4.79 Å². The Labute approximate surface area is 135 Å². The first-order valence-electron chi connectivity index (χ1n) is 7.90. The van der Waals surface area contributed by atoms with Crippen molar-refractivity contribution in [1.29, 1.82) is 0 Å². The first kappa shape index (κ1) is 15.7. The highest BCUT2D eigenvalue weighted by Crippen LogP contribution is 2.32. The van der Waals surface area contributed by atoms with Gasteiger partial charge in [0.25, 0.3) is 5.91 Å². The molecule has 0 aliphatic heterocycles. The molecule has 1 aliphatic rings. The van der Waals surface area contributed by atoms with Crippen molar-refractivity contribution in [1.82, 2.24) is 19.9 Å². The Balaban J connectivity index is 1.77. The predicted molar refractivity (Wildman–Crippen MR) is 86.5 cm³/mol. The van der Waals surface area contributed by atoms with E-state index in [0.717, 1.165) is 24.1 Å². The van der Waals surface area contributed by atoms with Gasteiger partial charge in [-0.2, -0.15) is 0 Å². The minimum Gasteiger partial charge on any atom is -0.391 e. The maximum atomic E-state index is 12.5. The summed E-state index contributed by atoms with van der Waals surface area (Å²) in [5.41, 5.74) is 3.07. The van der Waals surface area contributed by atoms with E-state index in [4.69, 9.17) is 0 Å². The molecule has 6 heteroatoms. The first-order chi connectivity index (χ1) is 11.0. The smallest absolute Gasteiger partial charge is 0.276 e. The molecule has 1 N–H and O–H groups in total. The molecule has 1 atom stereocenters. The topological polar surface area (TPSA) is 71.2 Å². The number of hydrogen-bond acceptors (Lipinski definition) is 4. The summed E-state index contributed by atoms with van der Waals surface area (Å²) in [5, 5.41) is 18.1. The molecule has 122 valence electrons. The van der Waals surface area contributed by atoms with Crippen LogP contribution in [0.25, 0.3) is 5.69 Å². The average Bonchev–Trinajstić information content (AvgIpc) is 3.31. The van der Waals surface area contributed by atoms with Crippen LogP contribution in [-0.2, 0) is 0 Å². The van der Waals surface area contributed by atoms with Crippen LogP contribution in [0.3, 0.4) is 0 Å². The molecular weight excluding hydrogens is 292 g/mol. The van der Waals surface area contributed by atoms with Crippen molar-refractivity contribution >= 4 is 5.91 Å². The van der Waals surface area contributed by atoms with Crippen LogP contribution in [0.4, 0.5) is 0 Å². The molecule has 23 heavy (non-hydrogen) atoms. The van der Waals surface area contributed by atoms with Crippen LogP contribution in [0.1, 0.15) is 34.6 Å². The Kier molecular flexibility index (Phi) is 4.17. The van der Waals surface area contributed by atoms with Crippen molar-refractivity contribution in [3.63, 3.8) is 0 Å². The molecule has 6 nitrogen and oxygen atoms in total. The summed E-state index contributed by atoms with van der Waals surface area (Å²) in [7, 11) is 1.69. The molecule has 0 bridgehead atoms. The van der Waals surface area contributed by atoms with Crippen molar-refractivity contribution in [3.8, 4) is 5.69 Å². The second-order valence-corrected chi connectivity index (χ2v) is 6.36. The van der Waals surface area contributed by atoms with Gasteiger partial charge in [-0.25, -0.2) is 4.68 Å². The monoisotopic (exact) mass is 314 g/mol. The Morgan fingerprint density at radius 2 is 2.00 bits per heavy atom. The van der Waals surface area contributed by atoms with E-state index in [-0.39, 0.29) is 5.91 Å². The van der Waals surface area contributed by atoms with E-state index < -0.39 is 6.10 Å². The largest absolute Gasteiger partial charge is 0.391 e. The van der Waals surface area contributed by atoms with Gasteiger partial charge < -0.3 is 10.0 Å². The van der Waals surface area contributed by atoms with Crippen LogP contribution in [-0.4, -0.2) is 50.6 Å². The zero-order chi connectivity index (χ0) is 16.6. The molecule has 0 radical (unpaired) electrons. The number of carbonyl (C=O) groups is 1. The average molecular weight is 314 g/mol. The van der Waals surface area contributed by atoms with E-state index >= 15 is 0 Å². The minimum atomic E-state index is -0.448. The summed E-state index contributed by atoms with van der Waals surface area (Å²) in [4.78, 5) is 14.1. The summed E-state index contributed by atoms with van der Waals surface area (Å²) in [6.45, 7) is 4.19. The molecule has 1 amide bonds. The van der Waals surface area contributed by atoms with Gasteiger partial charge in [0.2, 0.25) is 0 Å². The molecule has 1 aromatic carbocycles. The highest BCUT2D eigenvalue weighted by molar-refractivity contribution is 5.93. The minimum absolute atomic E-state index is 0.208. The van der Waals surface area contributed by atoms with Crippen LogP contribution < -0.4 is 0 Å². The van der Waals surface area contributed by atoms with Gasteiger partial charge in [0.15, 0.2) is 5.69 Å². The van der Waals surface area contributed by atoms with Crippen molar-refractivity contribution in [2.24, 2.45) is 5.92 Å². The van der Waals surface area contributed by atoms with Crippen molar-refractivity contribution in [2.45, 2.75) is 32.8 Å². The van der Waals surface area contributed by atoms with Crippen LogP contribution in [0.2, 0.25) is 0 Å². The molecule has 1 aliphatic carbocycles. The SMILES string of the molecule is Cc1ccc(-n2nnc(C(=O)N(C)CC(O)C3CC3)c2C)cc1. The van der Waals surface area contributed by atoms with Gasteiger partial charge in [-0.15, -0.1) is 5.10 Å². The lowest BCUT2D eigenvalue weighted by atomic mass is 10.2. The third-order valence-electron chi connectivity index (χ3n) is 4.35. The molecule has 3 rings (SSSR count). The van der Waals surface area contributed by atoms with E-state index in [1.54, 1.807) is 11.7 Å². The Hall–Kier alpha value is -2.21. The molecule has 1 heterocycles. The normalized spacial score (nSPS) is 15.5. The van der Waals surface area contributed by atoms with Gasteiger partial charge in [0, 0.05) is 13.6 Å². The van der Waals surface area contributed by atoms with Crippen LogP contribution >= 0.6 is 0 Å². The quantitative estimate of drug-likeness (QED) is 0.912. The van der Waals surface area contributed by atoms with Crippen LogP contribution in [0.15, 0.2) is 24.3 Å². The molecule has 1 fully saturated rings. The number of aliphatic hydroxyl groups excluding tert-OH is 1. The maximum absolute atomic E-state index is 12.5. The third kappa shape index (κ3) is 3.27. The highest BCUT2D eigenvalue weighted by atomic mass is 16.3. The summed E-state index contributed by atoms with van der Waals surface area (Å²) in [5.74, 6) is 0.134. The number of carbonyl (C=O) groups excluding carboxylic acids is 1. The number of aliphatic hydroxyl groups is 1. The van der Waals surface area contributed by atoms with E-state index in [1.807, 2.05) is 38.1 Å². The fourth-order valence-electron chi connectivity index (χ4n) is 2.63. The summed E-state index contributed by atoms with van der Waals surface area (Å²) in [6, 6.07) is 7.89. The highest BCUT2D eigenvalue weighted by Gasteiger charge is 2.32. The molecule has 0 spiro atoms. The van der Waals surface area contributed by atoms with Gasteiger partial charge >= 0.3 is 0 Å². The lowest BCUT2D eigenvalue weighted by molar-refractivity contribution is 0.0639. The number of rotatable bonds is 5. The van der Waals surface area contributed by atoms with Crippen LogP contribution in [0.5, 0.6) is 0 Å². The second kappa shape index (κ2) is 6.12. The van der Waals surface area contributed by atoms with Crippen LogP contribution in [0, 0.1) is 19.8 Å². The zero-order valence-electron chi connectivity index (χ0n) is 13.7. The fourth-order valence-corrected chi connectivity index (χ4v) is 2.63. The number of nitrogens with zero attached hydrogens (tertiary/aromatic N) is 4. The number of amides is 1. The summed E-state index contributed by atoms with van der Waals surface area (Å²) >= 11 is 0. The number of benzene rings is 1. The molecule has 2 aromatic rings. The molecule has 0 saturated heterocycles. The zero-order valence-corrected chi connectivity index (χ0v) is 13.7. The Morgan fingerprint density at radius 3 is 2.61 bits per heavy atom. The van der Waals surface area contributed by atoms with E-state index in [1.165, 1.54) is 4.90 Å². The predicted octanol–water partition coefficient (Wildman–Crippen LogP) is 1.73. The summed E-state index contributed by atoms with van der Waals surface area (Å²) < 4.78 is 1.66. The molecule has 1 saturated carbocycles. The van der Waals surface area contributed by atoms with Gasteiger partial charge in [0.05, 0.1) is 17.5 Å². The summed E-state index contributed by atoms with van der Waals surface area (Å²) in [6.07, 6.45) is 1.65. The number of aromatic nitrogens is 3. The fraction of sp³-hybridized carbons (Fsp3) is 0.471. The van der Waals surface area contributed by atoms with Crippen molar-refractivity contribution < 1.29 is 9.90 Å². The van der Waals surface area contributed by atoms with E-state index in [9.17, 15) is 9.90 Å². The van der Waals surface area contributed by atoms with Gasteiger partial charge in [-0.1, -0.05) is 22.9 Å². The standard InChI is InChI=1S/C17H22N4O2/c1-11-4-8-14(9-5-11)21-12(2)16(18-19-21)17(23)20(3)10-15(22)13-6-7-13/h4-5,8-9,13,15,22H,6-7,10H2,1-3H3. The van der Waals surface area contributed by atoms with Gasteiger partial charge in [0.1, 0.15) is 0 Å². The van der Waals surface area contributed by atoms with Crippen molar-refractivity contribution in [2.75, 3.05) is 13.6 Å². The molecular formula is C17H22N4O2. The van der Waals surface area contributed by atoms with E-state index in [2.05, 4.69) is 10.3 Å². The second-order valence-electron chi connectivity index (χ2n) is 6.36. The first-order valence-corrected chi connectivity index (χ1v) is 7.90. The lowest BCUT2D eigenvalue weighted by Crippen LogP contribution is -2.35. The van der Waals surface area contributed by atoms with Crippen molar-refractivity contribution in [3.05, 3.63) is 41.2 Å². The molecule has 1 aromatic heterocycles. The van der Waals surface area contributed by atoms with Gasteiger partial charge in [-0.05, 0) is 44.7 Å². The maximum Gasteiger partial charge on any atom is 0.276 e. The number of likely N-dealkylation sites (N-methyl/N-ethyl adjacent to an activating group) is 1.